The molecule has 1 rings (SSSR count). The van der Waals surface area contributed by atoms with Crippen molar-refractivity contribution in [3.8, 4) is 0 Å². The van der Waals surface area contributed by atoms with Gasteiger partial charge in [0.1, 0.15) is 6.04 Å². The summed E-state index contributed by atoms with van der Waals surface area (Å²) in [5.74, 6) is -1.01. The van der Waals surface area contributed by atoms with Crippen molar-refractivity contribution < 1.29 is 23.9 Å². The number of carbonyl (C=O) groups is 3. The van der Waals surface area contributed by atoms with Gasteiger partial charge >= 0.3 is 11.9 Å². The van der Waals surface area contributed by atoms with Crippen molar-refractivity contribution in [2.24, 2.45) is 0 Å². The van der Waals surface area contributed by atoms with Crippen LogP contribution in [0.1, 0.15) is 25.8 Å². The topological polar surface area (TPSA) is 81.7 Å². The summed E-state index contributed by atoms with van der Waals surface area (Å²) in [6.45, 7) is 6.54. The van der Waals surface area contributed by atoms with E-state index in [1.54, 1.807) is 19.1 Å². The third kappa shape index (κ3) is 11.1. The average Bonchev–Trinajstić information content (AvgIpc) is 2.67. The maximum atomic E-state index is 11.0. The Morgan fingerprint density at radius 1 is 1.11 bits per heavy atom. The lowest BCUT2D eigenvalue weighted by atomic mass is 10.2. The normalized spacial score (nSPS) is 11.6. The van der Waals surface area contributed by atoms with Crippen molar-refractivity contribution in [2.75, 3.05) is 14.2 Å². The Kier molecular flexibility index (Phi) is 12.4. The molecule has 27 heavy (non-hydrogen) atoms. The summed E-state index contributed by atoms with van der Waals surface area (Å²) in [4.78, 5) is 32.6. The smallest absolute Gasteiger partial charge is 0.333 e. The van der Waals surface area contributed by atoms with Crippen LogP contribution in [0.2, 0.25) is 0 Å². The summed E-state index contributed by atoms with van der Waals surface area (Å²) in [6, 6.07) is 9.29. The molecule has 1 aromatic carbocycles. The first-order chi connectivity index (χ1) is 12.8. The van der Waals surface area contributed by atoms with Crippen LogP contribution < -0.4 is 5.32 Å². The molecule has 6 nitrogen and oxygen atoms in total. The summed E-state index contributed by atoms with van der Waals surface area (Å²) in [5.41, 5.74) is 1.69. The van der Waals surface area contributed by atoms with Gasteiger partial charge in [-0.25, -0.2) is 9.59 Å². The van der Waals surface area contributed by atoms with E-state index in [1.807, 2.05) is 42.5 Å². The average molecular weight is 373 g/mol. The lowest BCUT2D eigenvalue weighted by Crippen LogP contribution is -2.39. The van der Waals surface area contributed by atoms with Crippen molar-refractivity contribution in [1.82, 2.24) is 5.32 Å². The van der Waals surface area contributed by atoms with Crippen molar-refractivity contribution in [1.29, 1.82) is 0 Å². The first kappa shape index (κ1) is 23.9. The number of amides is 1. The number of hydrogen-bond donors (Lipinski definition) is 1. The summed E-state index contributed by atoms with van der Waals surface area (Å²) in [7, 11) is 2.65. The second kappa shape index (κ2) is 14.1. The maximum Gasteiger partial charge on any atom is 0.333 e. The number of carbonyl (C=O) groups excluding carboxylic acids is 3. The van der Waals surface area contributed by atoms with Gasteiger partial charge in [0.15, 0.2) is 0 Å². The number of allylic oxidation sites excluding steroid dienone is 2. The summed E-state index contributed by atoms with van der Waals surface area (Å²) in [6.07, 6.45) is 7.44. The largest absolute Gasteiger partial charge is 0.467 e. The zero-order chi connectivity index (χ0) is 20.7. The first-order valence-corrected chi connectivity index (χ1v) is 8.29. The minimum Gasteiger partial charge on any atom is -0.467 e. The maximum absolute atomic E-state index is 11.0. The van der Waals surface area contributed by atoms with Crippen LogP contribution in [0.4, 0.5) is 0 Å². The van der Waals surface area contributed by atoms with E-state index in [9.17, 15) is 14.4 Å². The van der Waals surface area contributed by atoms with E-state index in [-0.39, 0.29) is 11.9 Å². The highest BCUT2D eigenvalue weighted by atomic mass is 16.5. The molecule has 0 heterocycles. The second-order valence-corrected chi connectivity index (χ2v) is 5.41. The van der Waals surface area contributed by atoms with Gasteiger partial charge in [-0.2, -0.15) is 0 Å². The molecule has 0 aromatic heterocycles. The Morgan fingerprint density at radius 3 is 2.22 bits per heavy atom. The van der Waals surface area contributed by atoms with Gasteiger partial charge in [-0.1, -0.05) is 54.6 Å². The van der Waals surface area contributed by atoms with Crippen LogP contribution in [0.5, 0.6) is 0 Å². The second-order valence-electron chi connectivity index (χ2n) is 5.41. The fourth-order valence-electron chi connectivity index (χ4n) is 1.87. The van der Waals surface area contributed by atoms with Gasteiger partial charge < -0.3 is 14.8 Å². The molecule has 0 aliphatic carbocycles. The summed E-state index contributed by atoms with van der Waals surface area (Å²) < 4.78 is 9.04. The molecule has 0 aliphatic rings. The van der Waals surface area contributed by atoms with Crippen LogP contribution in [0.25, 0.3) is 6.08 Å². The van der Waals surface area contributed by atoms with Gasteiger partial charge in [-0.05, 0) is 18.9 Å². The van der Waals surface area contributed by atoms with Gasteiger partial charge in [0, 0.05) is 12.5 Å². The molecule has 0 spiro atoms. The third-order valence-corrected chi connectivity index (χ3v) is 3.21. The van der Waals surface area contributed by atoms with Crippen LogP contribution in [0.3, 0.4) is 0 Å². The Bertz CT molecular complexity index is 677. The third-order valence-electron chi connectivity index (χ3n) is 3.21. The molecule has 6 heteroatoms. The molecule has 0 saturated carbocycles. The van der Waals surface area contributed by atoms with Crippen molar-refractivity contribution in [3.63, 3.8) is 0 Å². The van der Waals surface area contributed by atoms with E-state index in [4.69, 9.17) is 0 Å². The van der Waals surface area contributed by atoms with Crippen LogP contribution >= 0.6 is 0 Å². The highest BCUT2D eigenvalue weighted by Gasteiger charge is 2.17. The molecule has 0 unspecified atom stereocenters. The number of ether oxygens (including phenoxy) is 2. The quantitative estimate of drug-likeness (QED) is 0.344. The number of nitrogens with one attached hydrogen (secondary N) is 1. The first-order valence-electron chi connectivity index (χ1n) is 8.29. The van der Waals surface area contributed by atoms with Crippen LogP contribution in [0, 0.1) is 0 Å². The molecule has 146 valence electrons. The Labute approximate surface area is 160 Å². The molecule has 0 aliphatic heterocycles. The van der Waals surface area contributed by atoms with Crippen LogP contribution in [-0.4, -0.2) is 38.1 Å². The molecular formula is C21H27NO5. The van der Waals surface area contributed by atoms with E-state index in [0.29, 0.717) is 12.0 Å². The molecule has 0 saturated heterocycles. The Morgan fingerprint density at radius 2 is 1.74 bits per heavy atom. The molecule has 0 radical (unpaired) electrons. The highest BCUT2D eigenvalue weighted by molar-refractivity contribution is 5.88. The standard InChI is InChI=1S/C13H14O2.C8H13NO3/c1-11(13(14)15-2)7-6-10-12-8-4-3-5-9-12;1-4-5-7(8(11)12-3)9-6(2)10/h3-10H,1-2H3;4,7H,1,5H2,2-3H3,(H,9,10)/b10-6+,11-7+;/t;7-/m.0/s1. The number of rotatable bonds is 7. The molecular weight excluding hydrogens is 346 g/mol. The fourth-order valence-corrected chi connectivity index (χ4v) is 1.87. The summed E-state index contributed by atoms with van der Waals surface area (Å²) >= 11 is 0. The zero-order valence-electron chi connectivity index (χ0n) is 16.2. The van der Waals surface area contributed by atoms with Crippen LogP contribution in [0.15, 0.2) is 60.7 Å². The lowest BCUT2D eigenvalue weighted by Gasteiger charge is -2.12. The van der Waals surface area contributed by atoms with Crippen molar-refractivity contribution in [3.05, 3.63) is 66.3 Å². The fraction of sp³-hybridized carbons (Fsp3) is 0.286. The van der Waals surface area contributed by atoms with Gasteiger partial charge in [-0.3, -0.25) is 4.79 Å². The minimum absolute atomic E-state index is 0.257. The van der Waals surface area contributed by atoms with E-state index in [2.05, 4.69) is 21.4 Å². The SMILES string of the molecule is C=CC[C@H](NC(C)=O)C(=O)OC.COC(=O)/C(C)=C/C=C/c1ccccc1. The molecule has 0 bridgehead atoms. The van der Waals surface area contributed by atoms with Crippen molar-refractivity contribution >= 4 is 23.9 Å². The van der Waals surface area contributed by atoms with Gasteiger partial charge in [-0.15, -0.1) is 6.58 Å². The predicted octanol–water partition coefficient (Wildman–Crippen LogP) is 3.06. The predicted molar refractivity (Wildman–Crippen MR) is 106 cm³/mol. The molecule has 1 amide bonds. The summed E-state index contributed by atoms with van der Waals surface area (Å²) in [5, 5.41) is 2.45. The van der Waals surface area contributed by atoms with E-state index >= 15 is 0 Å². The van der Waals surface area contributed by atoms with Gasteiger partial charge in [0.05, 0.1) is 14.2 Å². The van der Waals surface area contributed by atoms with E-state index in [0.717, 1.165) is 5.56 Å². The van der Waals surface area contributed by atoms with Crippen LogP contribution in [-0.2, 0) is 23.9 Å². The van der Waals surface area contributed by atoms with E-state index in [1.165, 1.54) is 21.1 Å². The zero-order valence-corrected chi connectivity index (χ0v) is 16.2. The van der Waals surface area contributed by atoms with Crippen molar-refractivity contribution in [2.45, 2.75) is 26.3 Å². The molecule has 1 aromatic rings. The number of esters is 2. The molecule has 1 atom stereocenters. The van der Waals surface area contributed by atoms with E-state index < -0.39 is 12.0 Å². The number of hydrogen-bond acceptors (Lipinski definition) is 5. The number of benzene rings is 1. The lowest BCUT2D eigenvalue weighted by molar-refractivity contribution is -0.144. The Balaban J connectivity index is 0.000000516. The molecule has 0 fully saturated rings. The van der Waals surface area contributed by atoms with Gasteiger partial charge in [0.25, 0.3) is 0 Å². The Hall–Kier alpha value is -3.15. The number of methoxy groups -OCH3 is 2. The minimum atomic E-state index is -0.606. The van der Waals surface area contributed by atoms with Gasteiger partial charge in [0.2, 0.25) is 5.91 Å². The molecule has 1 N–H and O–H groups in total. The monoisotopic (exact) mass is 373 g/mol. The highest BCUT2D eigenvalue weighted by Crippen LogP contribution is 2.02.